The quantitative estimate of drug-likeness (QED) is 0.768. The van der Waals surface area contributed by atoms with Crippen molar-refractivity contribution < 1.29 is 0 Å². The fourth-order valence-electron chi connectivity index (χ4n) is 2.81. The zero-order valence-corrected chi connectivity index (χ0v) is 10.9. The lowest BCUT2D eigenvalue weighted by atomic mass is 10.1. The van der Waals surface area contributed by atoms with Crippen molar-refractivity contribution in [1.82, 2.24) is 14.9 Å². The minimum Gasteiger partial charge on any atom is -0.317 e. The monoisotopic (exact) mass is 256 g/mol. The van der Waals surface area contributed by atoms with Crippen LogP contribution in [0.1, 0.15) is 24.4 Å². The van der Waals surface area contributed by atoms with E-state index < -0.39 is 0 Å². The zero-order chi connectivity index (χ0) is 13.4. The first kappa shape index (κ1) is 12.0. The standard InChI is InChI=1S/C14H16N4O/c1-9-7-13-12(8-11(9)15-2)17-14(19)18(13)10-3-5-16-6-4-10/h7-8,10,16H,3-6H2,1H3,(H,17,19). The van der Waals surface area contributed by atoms with Gasteiger partial charge in [0.25, 0.3) is 0 Å². The van der Waals surface area contributed by atoms with Crippen molar-refractivity contribution in [3.63, 3.8) is 0 Å². The molecule has 1 aliphatic heterocycles. The molecule has 5 heteroatoms. The number of fused-ring (bicyclic) bond motifs is 1. The number of aromatic nitrogens is 2. The maximum absolute atomic E-state index is 12.2. The largest absolute Gasteiger partial charge is 0.326 e. The van der Waals surface area contributed by atoms with Crippen LogP contribution < -0.4 is 11.0 Å². The first-order valence-corrected chi connectivity index (χ1v) is 6.54. The van der Waals surface area contributed by atoms with Crippen molar-refractivity contribution in [1.29, 1.82) is 0 Å². The molecule has 1 aliphatic rings. The number of rotatable bonds is 1. The van der Waals surface area contributed by atoms with Gasteiger partial charge in [-0.1, -0.05) is 0 Å². The van der Waals surface area contributed by atoms with Crippen LogP contribution in [0.15, 0.2) is 16.9 Å². The Hall–Kier alpha value is -2.06. The van der Waals surface area contributed by atoms with Crippen molar-refractivity contribution in [3.8, 4) is 0 Å². The minimum absolute atomic E-state index is 0.0663. The highest BCUT2D eigenvalue weighted by Gasteiger charge is 2.20. The average molecular weight is 256 g/mol. The molecule has 0 radical (unpaired) electrons. The Morgan fingerprint density at radius 2 is 2.11 bits per heavy atom. The van der Waals surface area contributed by atoms with Crippen molar-refractivity contribution in [3.05, 3.63) is 39.6 Å². The molecular weight excluding hydrogens is 240 g/mol. The fourth-order valence-corrected chi connectivity index (χ4v) is 2.81. The molecule has 1 saturated heterocycles. The van der Waals surface area contributed by atoms with Crippen molar-refractivity contribution in [2.45, 2.75) is 25.8 Å². The number of nitrogens with zero attached hydrogens (tertiary/aromatic N) is 2. The molecule has 2 heterocycles. The number of nitrogens with one attached hydrogen (secondary N) is 2. The van der Waals surface area contributed by atoms with Crippen LogP contribution >= 0.6 is 0 Å². The molecule has 1 aromatic heterocycles. The lowest BCUT2D eigenvalue weighted by Gasteiger charge is -2.23. The fraction of sp³-hybridized carbons (Fsp3) is 0.429. The molecule has 19 heavy (non-hydrogen) atoms. The Morgan fingerprint density at radius 3 is 2.79 bits per heavy atom. The van der Waals surface area contributed by atoms with Gasteiger partial charge in [-0.15, -0.1) is 0 Å². The van der Waals surface area contributed by atoms with Gasteiger partial charge in [-0.2, -0.15) is 0 Å². The van der Waals surface area contributed by atoms with Gasteiger partial charge in [-0.25, -0.2) is 9.64 Å². The molecule has 2 N–H and O–H groups in total. The molecule has 0 aliphatic carbocycles. The molecule has 0 amide bonds. The SMILES string of the molecule is [C-]#[N+]c1cc2[nH]c(=O)n(C3CCNCC3)c2cc1C. The molecule has 1 fully saturated rings. The minimum atomic E-state index is -0.0663. The summed E-state index contributed by atoms with van der Waals surface area (Å²) in [4.78, 5) is 18.5. The van der Waals surface area contributed by atoms with Crippen LogP contribution in [0.4, 0.5) is 5.69 Å². The summed E-state index contributed by atoms with van der Waals surface area (Å²) >= 11 is 0. The van der Waals surface area contributed by atoms with E-state index in [-0.39, 0.29) is 11.7 Å². The average Bonchev–Trinajstić information content (AvgIpc) is 2.74. The molecular formula is C14H16N4O. The van der Waals surface area contributed by atoms with Crippen LogP contribution in [0, 0.1) is 13.5 Å². The smallest absolute Gasteiger partial charge is 0.317 e. The highest BCUT2D eigenvalue weighted by atomic mass is 16.1. The van der Waals surface area contributed by atoms with E-state index in [9.17, 15) is 4.79 Å². The molecule has 0 atom stereocenters. The van der Waals surface area contributed by atoms with Crippen LogP contribution in [-0.2, 0) is 0 Å². The number of hydrogen-bond acceptors (Lipinski definition) is 2. The second kappa shape index (κ2) is 4.56. The third-order valence-electron chi connectivity index (χ3n) is 3.83. The molecule has 2 aromatic rings. The Balaban J connectivity index is 2.19. The normalized spacial score (nSPS) is 16.6. The first-order valence-electron chi connectivity index (χ1n) is 6.54. The number of aromatic amines is 1. The topological polar surface area (TPSA) is 54.2 Å². The molecule has 0 bridgehead atoms. The van der Waals surface area contributed by atoms with Crippen LogP contribution in [0.3, 0.4) is 0 Å². The zero-order valence-electron chi connectivity index (χ0n) is 10.9. The molecule has 0 saturated carbocycles. The maximum Gasteiger partial charge on any atom is 0.326 e. The number of hydrogen-bond donors (Lipinski definition) is 2. The van der Waals surface area contributed by atoms with E-state index in [1.165, 1.54) is 0 Å². The van der Waals surface area contributed by atoms with Gasteiger partial charge in [0, 0.05) is 6.04 Å². The molecule has 0 spiro atoms. The summed E-state index contributed by atoms with van der Waals surface area (Å²) in [5, 5.41) is 3.31. The molecule has 5 nitrogen and oxygen atoms in total. The van der Waals surface area contributed by atoms with Crippen LogP contribution in [-0.4, -0.2) is 22.6 Å². The van der Waals surface area contributed by atoms with Gasteiger partial charge >= 0.3 is 5.69 Å². The third-order valence-corrected chi connectivity index (χ3v) is 3.83. The molecule has 98 valence electrons. The Morgan fingerprint density at radius 1 is 1.37 bits per heavy atom. The highest BCUT2D eigenvalue weighted by Crippen LogP contribution is 2.27. The lowest BCUT2D eigenvalue weighted by molar-refractivity contribution is 0.368. The molecule has 0 unspecified atom stereocenters. The summed E-state index contributed by atoms with van der Waals surface area (Å²) in [6, 6.07) is 3.97. The summed E-state index contributed by atoms with van der Waals surface area (Å²) in [7, 11) is 0. The number of piperidine rings is 1. The van der Waals surface area contributed by atoms with Crippen LogP contribution in [0.2, 0.25) is 0 Å². The maximum atomic E-state index is 12.2. The van der Waals surface area contributed by atoms with Gasteiger partial charge in [-0.3, -0.25) is 4.57 Å². The Bertz CT molecular complexity index is 713. The molecule has 3 rings (SSSR count). The van der Waals surface area contributed by atoms with Gasteiger partial charge in [0.1, 0.15) is 0 Å². The third kappa shape index (κ3) is 1.94. The van der Waals surface area contributed by atoms with Crippen LogP contribution in [0.25, 0.3) is 15.9 Å². The number of benzene rings is 1. The predicted molar refractivity (Wildman–Crippen MR) is 74.7 cm³/mol. The van der Waals surface area contributed by atoms with E-state index in [0.717, 1.165) is 42.5 Å². The van der Waals surface area contributed by atoms with E-state index in [1.54, 1.807) is 6.07 Å². The second-order valence-electron chi connectivity index (χ2n) is 5.05. The molecule has 1 aromatic carbocycles. The van der Waals surface area contributed by atoms with Gasteiger partial charge in [-0.05, 0) is 50.6 Å². The number of imidazole rings is 1. The van der Waals surface area contributed by atoms with Gasteiger partial charge in [0.05, 0.1) is 17.6 Å². The summed E-state index contributed by atoms with van der Waals surface area (Å²) < 4.78 is 1.86. The summed E-state index contributed by atoms with van der Waals surface area (Å²) in [5.41, 5.74) is 3.14. The van der Waals surface area contributed by atoms with Gasteiger partial charge in [0.15, 0.2) is 5.69 Å². The summed E-state index contributed by atoms with van der Waals surface area (Å²) in [6.07, 6.45) is 1.94. The van der Waals surface area contributed by atoms with Gasteiger partial charge < -0.3 is 10.3 Å². The van der Waals surface area contributed by atoms with E-state index in [1.807, 2.05) is 17.6 Å². The van der Waals surface area contributed by atoms with E-state index in [2.05, 4.69) is 15.1 Å². The first-order chi connectivity index (χ1) is 9.20. The Labute approximate surface area is 111 Å². The van der Waals surface area contributed by atoms with Crippen LogP contribution in [0.5, 0.6) is 0 Å². The number of H-pyrrole nitrogens is 1. The predicted octanol–water partition coefficient (Wildman–Crippen LogP) is 2.11. The Kier molecular flexibility index (Phi) is 2.88. The highest BCUT2D eigenvalue weighted by molar-refractivity contribution is 5.82. The lowest BCUT2D eigenvalue weighted by Crippen LogP contribution is -2.33. The van der Waals surface area contributed by atoms with E-state index in [0.29, 0.717) is 5.69 Å². The number of aryl methyl sites for hydroxylation is 1. The van der Waals surface area contributed by atoms with E-state index in [4.69, 9.17) is 6.57 Å². The van der Waals surface area contributed by atoms with Crippen molar-refractivity contribution >= 4 is 16.7 Å². The van der Waals surface area contributed by atoms with Crippen molar-refractivity contribution in [2.24, 2.45) is 0 Å². The van der Waals surface area contributed by atoms with E-state index >= 15 is 0 Å². The second-order valence-corrected chi connectivity index (χ2v) is 5.05. The summed E-state index contributed by atoms with van der Waals surface area (Å²) in [6.45, 7) is 10.9. The summed E-state index contributed by atoms with van der Waals surface area (Å²) in [5.74, 6) is 0. The van der Waals surface area contributed by atoms with Crippen molar-refractivity contribution in [2.75, 3.05) is 13.1 Å². The van der Waals surface area contributed by atoms with Gasteiger partial charge in [0.2, 0.25) is 0 Å².